The number of carboxylic acid groups (broad SMARTS) is 1. The molecule has 0 aliphatic heterocycles. The van der Waals surface area contributed by atoms with E-state index in [0.717, 1.165) is 18.2 Å². The Morgan fingerprint density at radius 2 is 2.22 bits per heavy atom. The van der Waals surface area contributed by atoms with E-state index in [-0.39, 0.29) is 0 Å². The normalized spacial score (nSPS) is 9.00. The molecule has 0 aromatic rings. The summed E-state index contributed by atoms with van der Waals surface area (Å²) >= 11 is 3.24. The van der Waals surface area contributed by atoms with Crippen LogP contribution in [0.5, 0.6) is 0 Å². The Morgan fingerprint density at radius 1 is 1.56 bits per heavy atom. The fourth-order valence-corrected chi connectivity index (χ4v) is 0.811. The molecule has 0 unspecified atom stereocenters. The van der Waals surface area contributed by atoms with Crippen molar-refractivity contribution in [2.45, 2.75) is 12.8 Å². The van der Waals surface area contributed by atoms with Crippen LogP contribution >= 0.6 is 15.9 Å². The number of hydrogen-bond donors (Lipinski definition) is 2. The van der Waals surface area contributed by atoms with Crippen LogP contribution in [0.4, 0.5) is 4.79 Å². The molecule has 3 nitrogen and oxygen atoms in total. The van der Waals surface area contributed by atoms with Crippen molar-refractivity contribution in [2.24, 2.45) is 0 Å². The summed E-state index contributed by atoms with van der Waals surface area (Å²) in [5.74, 6) is 0. The van der Waals surface area contributed by atoms with Gasteiger partial charge in [-0.3, -0.25) is 0 Å². The molecule has 0 atom stereocenters. The quantitative estimate of drug-likeness (QED) is 0.527. The molecular weight excluding hydrogens is 186 g/mol. The maximum atomic E-state index is 9.84. The number of amides is 1. The van der Waals surface area contributed by atoms with Gasteiger partial charge in [0.25, 0.3) is 0 Å². The standard InChI is InChI=1S/C5H10BrNO2/c6-3-1-2-4-7-5(8)9/h7H,1-4H2,(H,8,9). The molecule has 0 saturated carbocycles. The Morgan fingerprint density at radius 3 is 2.67 bits per heavy atom. The largest absolute Gasteiger partial charge is 0.465 e. The van der Waals surface area contributed by atoms with E-state index in [1.165, 1.54) is 0 Å². The summed E-state index contributed by atoms with van der Waals surface area (Å²) in [6, 6.07) is 0. The molecule has 4 heteroatoms. The lowest BCUT2D eigenvalue weighted by Gasteiger charge is -1.96. The molecule has 0 fully saturated rings. The van der Waals surface area contributed by atoms with E-state index in [9.17, 15) is 4.79 Å². The van der Waals surface area contributed by atoms with Crippen molar-refractivity contribution >= 4 is 22.0 Å². The molecule has 0 rings (SSSR count). The van der Waals surface area contributed by atoms with Crippen LogP contribution in [0.1, 0.15) is 12.8 Å². The molecule has 0 heterocycles. The van der Waals surface area contributed by atoms with E-state index in [2.05, 4.69) is 21.2 Å². The second kappa shape index (κ2) is 5.88. The SMILES string of the molecule is O=C(O)NCCCCBr. The minimum atomic E-state index is -0.940. The van der Waals surface area contributed by atoms with Gasteiger partial charge in [0.05, 0.1) is 0 Å². The molecule has 0 spiro atoms. The van der Waals surface area contributed by atoms with Gasteiger partial charge in [0.15, 0.2) is 0 Å². The van der Waals surface area contributed by atoms with E-state index in [1.807, 2.05) is 0 Å². The van der Waals surface area contributed by atoms with Crippen molar-refractivity contribution in [1.29, 1.82) is 0 Å². The van der Waals surface area contributed by atoms with Crippen LogP contribution in [-0.2, 0) is 0 Å². The smallest absolute Gasteiger partial charge is 0.404 e. The zero-order valence-electron chi connectivity index (χ0n) is 5.06. The lowest BCUT2D eigenvalue weighted by molar-refractivity contribution is 0.194. The second-order valence-corrected chi connectivity index (χ2v) is 2.42. The Hall–Kier alpha value is -0.250. The monoisotopic (exact) mass is 195 g/mol. The van der Waals surface area contributed by atoms with Gasteiger partial charge < -0.3 is 10.4 Å². The molecule has 9 heavy (non-hydrogen) atoms. The van der Waals surface area contributed by atoms with E-state index in [1.54, 1.807) is 0 Å². The van der Waals surface area contributed by atoms with Gasteiger partial charge in [-0.2, -0.15) is 0 Å². The predicted molar refractivity (Wildman–Crippen MR) is 39.1 cm³/mol. The zero-order valence-corrected chi connectivity index (χ0v) is 6.65. The number of carbonyl (C=O) groups is 1. The van der Waals surface area contributed by atoms with Gasteiger partial charge >= 0.3 is 6.09 Å². The third kappa shape index (κ3) is 7.75. The van der Waals surface area contributed by atoms with Crippen molar-refractivity contribution < 1.29 is 9.90 Å². The summed E-state index contributed by atoms with van der Waals surface area (Å²) in [5.41, 5.74) is 0. The molecule has 54 valence electrons. The minimum Gasteiger partial charge on any atom is -0.465 e. The summed E-state index contributed by atoms with van der Waals surface area (Å²) in [7, 11) is 0. The maximum absolute atomic E-state index is 9.84. The average Bonchev–Trinajstić information content (AvgIpc) is 1.80. The second-order valence-electron chi connectivity index (χ2n) is 1.63. The van der Waals surface area contributed by atoms with Crippen molar-refractivity contribution in [3.05, 3.63) is 0 Å². The fourth-order valence-electron chi connectivity index (χ4n) is 0.415. The molecule has 0 aliphatic carbocycles. The van der Waals surface area contributed by atoms with Crippen LogP contribution in [0, 0.1) is 0 Å². The lowest BCUT2D eigenvalue weighted by Crippen LogP contribution is -2.21. The first-order valence-electron chi connectivity index (χ1n) is 2.80. The van der Waals surface area contributed by atoms with Gasteiger partial charge in [0.2, 0.25) is 0 Å². The highest BCUT2D eigenvalue weighted by Crippen LogP contribution is 1.90. The van der Waals surface area contributed by atoms with Crippen LogP contribution in [-0.4, -0.2) is 23.1 Å². The van der Waals surface area contributed by atoms with Gasteiger partial charge in [-0.15, -0.1) is 0 Å². The summed E-state index contributed by atoms with van der Waals surface area (Å²) in [6.45, 7) is 0.556. The molecule has 2 N–H and O–H groups in total. The number of alkyl halides is 1. The average molecular weight is 196 g/mol. The van der Waals surface area contributed by atoms with Crippen LogP contribution < -0.4 is 5.32 Å². The van der Waals surface area contributed by atoms with E-state index in [4.69, 9.17) is 5.11 Å². The predicted octanol–water partition coefficient (Wildman–Crippen LogP) is 1.43. The molecular formula is C5H10BrNO2. The van der Waals surface area contributed by atoms with E-state index in [0.29, 0.717) is 6.54 Å². The van der Waals surface area contributed by atoms with Crippen LogP contribution in [0.2, 0.25) is 0 Å². The third-order valence-electron chi connectivity index (χ3n) is 0.837. The number of unbranched alkanes of at least 4 members (excludes halogenated alkanes) is 1. The van der Waals surface area contributed by atoms with Crippen LogP contribution in [0.3, 0.4) is 0 Å². The van der Waals surface area contributed by atoms with Crippen molar-refractivity contribution in [3.8, 4) is 0 Å². The number of hydrogen-bond acceptors (Lipinski definition) is 1. The highest BCUT2D eigenvalue weighted by Gasteiger charge is 1.90. The Bertz CT molecular complexity index is 87.0. The van der Waals surface area contributed by atoms with Crippen molar-refractivity contribution in [3.63, 3.8) is 0 Å². The summed E-state index contributed by atoms with van der Waals surface area (Å²) in [6.07, 6.45) is 0.974. The first-order chi connectivity index (χ1) is 4.27. The molecule has 0 saturated heterocycles. The minimum absolute atomic E-state index is 0.556. The molecule has 0 aliphatic rings. The van der Waals surface area contributed by atoms with Gasteiger partial charge in [-0.05, 0) is 12.8 Å². The molecule has 0 aromatic carbocycles. The first kappa shape index (κ1) is 8.75. The summed E-state index contributed by atoms with van der Waals surface area (Å²) in [4.78, 5) is 9.84. The number of nitrogens with one attached hydrogen (secondary N) is 1. The number of halogens is 1. The first-order valence-corrected chi connectivity index (χ1v) is 3.92. The summed E-state index contributed by atoms with van der Waals surface area (Å²) in [5, 5.41) is 11.3. The number of rotatable bonds is 4. The molecule has 1 amide bonds. The van der Waals surface area contributed by atoms with Gasteiger partial charge in [-0.25, -0.2) is 4.79 Å². The van der Waals surface area contributed by atoms with Crippen molar-refractivity contribution in [2.75, 3.05) is 11.9 Å². The third-order valence-corrected chi connectivity index (χ3v) is 1.40. The molecule has 0 radical (unpaired) electrons. The Labute approximate surface area is 62.6 Å². The molecule has 0 aromatic heterocycles. The van der Waals surface area contributed by atoms with Gasteiger partial charge in [0, 0.05) is 11.9 Å². The Balaban J connectivity index is 2.83. The van der Waals surface area contributed by atoms with Crippen LogP contribution in [0.15, 0.2) is 0 Å². The summed E-state index contributed by atoms with van der Waals surface area (Å²) < 4.78 is 0. The Kier molecular flexibility index (Phi) is 5.72. The fraction of sp³-hybridized carbons (Fsp3) is 0.800. The van der Waals surface area contributed by atoms with Gasteiger partial charge in [-0.1, -0.05) is 15.9 Å². The highest BCUT2D eigenvalue weighted by molar-refractivity contribution is 9.09. The van der Waals surface area contributed by atoms with E-state index < -0.39 is 6.09 Å². The van der Waals surface area contributed by atoms with E-state index >= 15 is 0 Å². The van der Waals surface area contributed by atoms with Gasteiger partial charge in [0.1, 0.15) is 0 Å². The highest BCUT2D eigenvalue weighted by atomic mass is 79.9. The van der Waals surface area contributed by atoms with Crippen LogP contribution in [0.25, 0.3) is 0 Å². The lowest BCUT2D eigenvalue weighted by atomic mass is 10.3. The topological polar surface area (TPSA) is 49.3 Å². The maximum Gasteiger partial charge on any atom is 0.404 e. The van der Waals surface area contributed by atoms with Crippen molar-refractivity contribution in [1.82, 2.24) is 5.32 Å². The zero-order chi connectivity index (χ0) is 7.11. The molecule has 0 bridgehead atoms.